The topological polar surface area (TPSA) is 64.4 Å². The zero-order chi connectivity index (χ0) is 20.2. The Hall–Kier alpha value is -2.77. The molecular formula is C22H20N2O3S2. The number of furan rings is 1. The molecule has 2 aromatic heterocycles. The number of ether oxygens (including phenoxy) is 1. The molecule has 0 spiro atoms. The Bertz CT molecular complexity index is 1130. The molecule has 0 saturated heterocycles. The van der Waals surface area contributed by atoms with E-state index in [1.54, 1.807) is 11.8 Å². The Kier molecular flexibility index (Phi) is 5.87. The summed E-state index contributed by atoms with van der Waals surface area (Å²) in [6.45, 7) is 2.51. The number of nitrogens with zero attached hydrogens (tertiary/aromatic N) is 1. The Morgan fingerprint density at radius 2 is 2.07 bits per heavy atom. The van der Waals surface area contributed by atoms with Gasteiger partial charge in [-0.25, -0.2) is 4.98 Å². The average molecular weight is 425 g/mol. The van der Waals surface area contributed by atoms with Crippen LogP contribution >= 0.6 is 23.1 Å². The second-order valence-electron chi connectivity index (χ2n) is 6.33. The highest BCUT2D eigenvalue weighted by molar-refractivity contribution is 7.98. The summed E-state index contributed by atoms with van der Waals surface area (Å²) in [5, 5.41) is 6.26. The van der Waals surface area contributed by atoms with Crippen molar-refractivity contribution in [1.29, 1.82) is 0 Å². The minimum absolute atomic E-state index is 0.0916. The van der Waals surface area contributed by atoms with Crippen LogP contribution in [0.4, 0.5) is 5.13 Å². The largest absolute Gasteiger partial charge is 0.490 e. The zero-order valence-electron chi connectivity index (χ0n) is 16.1. The van der Waals surface area contributed by atoms with E-state index in [-0.39, 0.29) is 5.91 Å². The lowest BCUT2D eigenvalue weighted by Gasteiger charge is -2.03. The van der Waals surface area contributed by atoms with Crippen LogP contribution in [0.1, 0.15) is 12.5 Å². The van der Waals surface area contributed by atoms with Crippen molar-refractivity contribution in [3.8, 4) is 17.2 Å². The van der Waals surface area contributed by atoms with Gasteiger partial charge in [-0.2, -0.15) is 0 Å². The van der Waals surface area contributed by atoms with E-state index in [9.17, 15) is 4.79 Å². The molecule has 0 bridgehead atoms. The monoisotopic (exact) mass is 424 g/mol. The molecule has 29 heavy (non-hydrogen) atoms. The van der Waals surface area contributed by atoms with Crippen molar-refractivity contribution in [2.45, 2.75) is 18.2 Å². The van der Waals surface area contributed by atoms with Crippen LogP contribution < -0.4 is 10.1 Å². The molecule has 0 aliphatic heterocycles. The van der Waals surface area contributed by atoms with Crippen LogP contribution in [0, 0.1) is 0 Å². The third kappa shape index (κ3) is 4.46. The van der Waals surface area contributed by atoms with Crippen LogP contribution in [0.15, 0.2) is 63.2 Å². The predicted octanol–water partition coefficient (Wildman–Crippen LogP) is 5.86. The third-order valence-corrected chi connectivity index (χ3v) is 5.84. The minimum Gasteiger partial charge on any atom is -0.490 e. The molecule has 7 heteroatoms. The second kappa shape index (κ2) is 8.71. The molecule has 5 nitrogen and oxygen atoms in total. The number of thiazole rings is 1. The summed E-state index contributed by atoms with van der Waals surface area (Å²) < 4.78 is 11.6. The lowest BCUT2D eigenvalue weighted by atomic mass is 10.1. The van der Waals surface area contributed by atoms with E-state index in [1.807, 2.05) is 67.1 Å². The van der Waals surface area contributed by atoms with Crippen molar-refractivity contribution in [3.63, 3.8) is 0 Å². The lowest BCUT2D eigenvalue weighted by molar-refractivity contribution is -0.115. The highest BCUT2D eigenvalue weighted by Crippen LogP contribution is 2.34. The number of hydrogen-bond acceptors (Lipinski definition) is 6. The third-order valence-electron chi connectivity index (χ3n) is 4.33. The number of nitrogens with one attached hydrogen (secondary N) is 1. The van der Waals surface area contributed by atoms with Crippen LogP contribution in [-0.2, 0) is 11.2 Å². The van der Waals surface area contributed by atoms with Crippen LogP contribution in [0.5, 0.6) is 5.75 Å². The summed E-state index contributed by atoms with van der Waals surface area (Å²) in [6, 6.07) is 15.7. The van der Waals surface area contributed by atoms with E-state index in [1.165, 1.54) is 16.2 Å². The number of hydrogen-bond donors (Lipinski definition) is 1. The fourth-order valence-electron chi connectivity index (χ4n) is 2.97. The molecule has 4 rings (SSSR count). The van der Waals surface area contributed by atoms with Crippen LogP contribution in [0.3, 0.4) is 0 Å². The van der Waals surface area contributed by atoms with Gasteiger partial charge in [-0.15, -0.1) is 23.1 Å². The van der Waals surface area contributed by atoms with Gasteiger partial charge in [0, 0.05) is 15.7 Å². The lowest BCUT2D eigenvalue weighted by Crippen LogP contribution is -2.14. The predicted molar refractivity (Wildman–Crippen MR) is 119 cm³/mol. The quantitative estimate of drug-likeness (QED) is 0.377. The van der Waals surface area contributed by atoms with Crippen molar-refractivity contribution < 1.29 is 13.9 Å². The van der Waals surface area contributed by atoms with Crippen LogP contribution in [0.2, 0.25) is 0 Å². The Morgan fingerprint density at radius 1 is 1.24 bits per heavy atom. The number of para-hydroxylation sites is 1. The maximum absolute atomic E-state index is 12.3. The molecule has 4 aromatic rings. The number of benzene rings is 2. The highest BCUT2D eigenvalue weighted by atomic mass is 32.2. The molecule has 1 N–H and O–H groups in total. The summed E-state index contributed by atoms with van der Waals surface area (Å²) >= 11 is 3.05. The van der Waals surface area contributed by atoms with E-state index < -0.39 is 0 Å². The number of fused-ring (bicyclic) bond motifs is 1. The van der Waals surface area contributed by atoms with E-state index in [2.05, 4.69) is 10.3 Å². The minimum atomic E-state index is -0.0916. The van der Waals surface area contributed by atoms with Crippen molar-refractivity contribution in [2.24, 2.45) is 0 Å². The number of anilines is 1. The fourth-order valence-corrected chi connectivity index (χ4v) is 4.09. The highest BCUT2D eigenvalue weighted by Gasteiger charge is 2.14. The first-order valence-electron chi connectivity index (χ1n) is 9.20. The molecule has 2 heterocycles. The first-order valence-corrected chi connectivity index (χ1v) is 11.3. The first kappa shape index (κ1) is 19.5. The molecule has 0 atom stereocenters. The molecule has 0 radical (unpaired) electrons. The standard InChI is InChI=1S/C22H20N2O3S2/c1-3-26-18-6-4-5-15-12-19(27-21(15)18)17-13-29-22(23-17)24-20(25)11-14-7-9-16(28-2)10-8-14/h4-10,12-13H,3,11H2,1-2H3,(H,23,24,25). The summed E-state index contributed by atoms with van der Waals surface area (Å²) in [5.74, 6) is 1.27. The second-order valence-corrected chi connectivity index (χ2v) is 8.07. The van der Waals surface area contributed by atoms with Crippen LogP contribution in [0.25, 0.3) is 22.4 Å². The Labute approximate surface area is 177 Å². The van der Waals surface area contributed by atoms with E-state index in [0.717, 1.165) is 10.9 Å². The fraction of sp³-hybridized carbons (Fsp3) is 0.182. The van der Waals surface area contributed by atoms with Gasteiger partial charge >= 0.3 is 0 Å². The van der Waals surface area contributed by atoms with Gasteiger partial charge in [0.05, 0.1) is 13.0 Å². The van der Waals surface area contributed by atoms with Gasteiger partial charge in [0.15, 0.2) is 22.2 Å². The summed E-state index contributed by atoms with van der Waals surface area (Å²) in [4.78, 5) is 18.0. The Morgan fingerprint density at radius 3 is 2.83 bits per heavy atom. The van der Waals surface area contributed by atoms with Gasteiger partial charge in [-0.1, -0.05) is 24.3 Å². The normalized spacial score (nSPS) is 11.0. The molecule has 1 amide bonds. The molecule has 0 aliphatic rings. The zero-order valence-corrected chi connectivity index (χ0v) is 17.7. The SMILES string of the molecule is CCOc1cccc2cc(-c3csc(NC(=O)Cc4ccc(SC)cc4)n3)oc12. The molecule has 0 fully saturated rings. The summed E-state index contributed by atoms with van der Waals surface area (Å²) in [5.41, 5.74) is 2.36. The maximum Gasteiger partial charge on any atom is 0.230 e. The average Bonchev–Trinajstić information content (AvgIpc) is 3.36. The smallest absolute Gasteiger partial charge is 0.230 e. The van der Waals surface area contributed by atoms with Gasteiger partial charge in [0.1, 0.15) is 5.69 Å². The van der Waals surface area contributed by atoms with Crippen molar-refractivity contribution in [2.75, 3.05) is 18.2 Å². The molecule has 0 aliphatic carbocycles. The van der Waals surface area contributed by atoms with E-state index in [0.29, 0.717) is 40.9 Å². The Balaban J connectivity index is 1.47. The van der Waals surface area contributed by atoms with Crippen LogP contribution in [-0.4, -0.2) is 23.8 Å². The van der Waals surface area contributed by atoms with Gasteiger partial charge in [0.2, 0.25) is 5.91 Å². The van der Waals surface area contributed by atoms with Gasteiger partial charge in [-0.05, 0) is 43.0 Å². The van der Waals surface area contributed by atoms with Crippen molar-refractivity contribution in [1.82, 2.24) is 4.98 Å². The number of thioether (sulfide) groups is 1. The van der Waals surface area contributed by atoms with E-state index >= 15 is 0 Å². The summed E-state index contributed by atoms with van der Waals surface area (Å²) in [7, 11) is 0. The number of aromatic nitrogens is 1. The van der Waals surface area contributed by atoms with Crippen molar-refractivity contribution >= 4 is 45.1 Å². The molecule has 0 saturated carbocycles. The number of carbonyl (C=O) groups is 1. The number of amides is 1. The number of carbonyl (C=O) groups excluding carboxylic acids is 1. The van der Waals surface area contributed by atoms with Gasteiger partial charge in [0.25, 0.3) is 0 Å². The van der Waals surface area contributed by atoms with Gasteiger partial charge < -0.3 is 14.5 Å². The maximum atomic E-state index is 12.3. The summed E-state index contributed by atoms with van der Waals surface area (Å²) in [6.07, 6.45) is 2.34. The number of rotatable bonds is 7. The molecule has 0 unspecified atom stereocenters. The molecule has 148 valence electrons. The molecule has 2 aromatic carbocycles. The van der Waals surface area contributed by atoms with E-state index in [4.69, 9.17) is 9.15 Å². The molecular weight excluding hydrogens is 404 g/mol. The first-order chi connectivity index (χ1) is 14.2. The van der Waals surface area contributed by atoms with Gasteiger partial charge in [-0.3, -0.25) is 4.79 Å². The van der Waals surface area contributed by atoms with Crippen molar-refractivity contribution in [3.05, 3.63) is 59.5 Å².